The molecule has 0 heterocycles. The Hall–Kier alpha value is -3.35. The number of benzene rings is 2. The summed E-state index contributed by atoms with van der Waals surface area (Å²) in [6.45, 7) is -0.534. The molecular formula is C17H16N2O5. The van der Waals surface area contributed by atoms with Crippen molar-refractivity contribution in [2.24, 2.45) is 5.10 Å². The van der Waals surface area contributed by atoms with E-state index in [9.17, 15) is 9.59 Å². The van der Waals surface area contributed by atoms with Crippen molar-refractivity contribution in [3.63, 3.8) is 0 Å². The quantitative estimate of drug-likeness (QED) is 0.567. The van der Waals surface area contributed by atoms with Gasteiger partial charge in [-0.1, -0.05) is 18.2 Å². The molecule has 0 fully saturated rings. The number of hydrogen-bond acceptors (Lipinski definition) is 5. The first-order valence-electron chi connectivity index (χ1n) is 7.08. The topological polar surface area (TPSA) is 97.2 Å². The molecule has 0 aliphatic rings. The molecule has 0 saturated heterocycles. The van der Waals surface area contributed by atoms with Gasteiger partial charge in [0.2, 0.25) is 0 Å². The number of carboxylic acids is 1. The van der Waals surface area contributed by atoms with E-state index < -0.39 is 12.6 Å². The van der Waals surface area contributed by atoms with Gasteiger partial charge in [0.05, 0.1) is 6.21 Å². The third-order valence-corrected chi connectivity index (χ3v) is 2.76. The SMILES string of the molecule is O=C(O)COc1ccc(C=NNC(=O)COc2ccccc2)cc1. The van der Waals surface area contributed by atoms with Crippen molar-refractivity contribution >= 4 is 18.1 Å². The number of amides is 1. The minimum absolute atomic E-state index is 0.136. The maximum Gasteiger partial charge on any atom is 0.341 e. The highest BCUT2D eigenvalue weighted by atomic mass is 16.5. The number of rotatable bonds is 8. The van der Waals surface area contributed by atoms with E-state index in [-0.39, 0.29) is 12.5 Å². The number of carboxylic acid groups (broad SMARTS) is 1. The first-order valence-corrected chi connectivity index (χ1v) is 7.08. The Labute approximate surface area is 138 Å². The van der Waals surface area contributed by atoms with Crippen LogP contribution >= 0.6 is 0 Å². The predicted molar refractivity (Wildman–Crippen MR) is 87.2 cm³/mol. The molecule has 124 valence electrons. The van der Waals surface area contributed by atoms with Crippen molar-refractivity contribution in [1.82, 2.24) is 5.43 Å². The molecule has 1 amide bonds. The third kappa shape index (κ3) is 6.18. The summed E-state index contributed by atoms with van der Waals surface area (Å²) < 4.78 is 10.3. The van der Waals surface area contributed by atoms with Gasteiger partial charge in [0.15, 0.2) is 13.2 Å². The number of hydrogen-bond donors (Lipinski definition) is 2. The van der Waals surface area contributed by atoms with Crippen LogP contribution in [0.25, 0.3) is 0 Å². The van der Waals surface area contributed by atoms with Gasteiger partial charge in [-0.2, -0.15) is 5.10 Å². The highest BCUT2D eigenvalue weighted by Gasteiger charge is 2.01. The molecule has 0 spiro atoms. The summed E-state index contributed by atoms with van der Waals surface area (Å²) in [5.74, 6) is -0.374. The Kier molecular flexibility index (Phi) is 6.34. The molecule has 2 N–H and O–H groups in total. The van der Waals surface area contributed by atoms with Gasteiger partial charge in [-0.15, -0.1) is 0 Å². The summed E-state index contributed by atoms with van der Waals surface area (Å²) in [7, 11) is 0. The summed E-state index contributed by atoms with van der Waals surface area (Å²) in [5, 5.41) is 12.3. The number of aliphatic carboxylic acids is 1. The van der Waals surface area contributed by atoms with E-state index in [1.165, 1.54) is 6.21 Å². The fraction of sp³-hybridized carbons (Fsp3) is 0.118. The summed E-state index contributed by atoms with van der Waals surface area (Å²) in [6.07, 6.45) is 1.46. The van der Waals surface area contributed by atoms with Crippen molar-refractivity contribution in [3.8, 4) is 11.5 Å². The summed E-state index contributed by atoms with van der Waals surface area (Å²) in [6, 6.07) is 15.6. The van der Waals surface area contributed by atoms with Gasteiger partial charge in [-0.05, 0) is 42.0 Å². The Balaban J connectivity index is 1.74. The van der Waals surface area contributed by atoms with Crippen LogP contribution in [0.4, 0.5) is 0 Å². The lowest BCUT2D eigenvalue weighted by Crippen LogP contribution is -2.24. The van der Waals surface area contributed by atoms with E-state index >= 15 is 0 Å². The Bertz CT molecular complexity index is 699. The summed E-state index contributed by atoms with van der Waals surface area (Å²) in [5.41, 5.74) is 3.08. The number of hydrazone groups is 1. The first kappa shape index (κ1) is 17.0. The maximum atomic E-state index is 11.6. The zero-order valence-corrected chi connectivity index (χ0v) is 12.7. The lowest BCUT2D eigenvalue weighted by Gasteiger charge is -2.04. The average Bonchev–Trinajstić information content (AvgIpc) is 2.60. The van der Waals surface area contributed by atoms with Gasteiger partial charge in [-0.25, -0.2) is 10.2 Å². The monoisotopic (exact) mass is 328 g/mol. The molecule has 7 heteroatoms. The molecule has 2 rings (SSSR count). The van der Waals surface area contributed by atoms with Crippen LogP contribution in [0.15, 0.2) is 59.7 Å². The highest BCUT2D eigenvalue weighted by Crippen LogP contribution is 2.11. The molecule has 0 aliphatic heterocycles. The number of carbonyl (C=O) groups is 2. The Morgan fingerprint density at radius 2 is 1.58 bits per heavy atom. The van der Waals surface area contributed by atoms with Crippen LogP contribution in [0.3, 0.4) is 0 Å². The second-order valence-electron chi connectivity index (χ2n) is 4.65. The van der Waals surface area contributed by atoms with Crippen molar-refractivity contribution in [3.05, 3.63) is 60.2 Å². The molecule has 0 atom stereocenters. The van der Waals surface area contributed by atoms with Crippen LogP contribution in [0.2, 0.25) is 0 Å². The molecule has 0 unspecified atom stereocenters. The molecule has 24 heavy (non-hydrogen) atoms. The number of carbonyl (C=O) groups excluding carboxylic acids is 1. The van der Waals surface area contributed by atoms with Crippen molar-refractivity contribution in [1.29, 1.82) is 0 Å². The first-order chi connectivity index (χ1) is 11.6. The third-order valence-electron chi connectivity index (χ3n) is 2.76. The van der Waals surface area contributed by atoms with E-state index in [2.05, 4.69) is 10.5 Å². The second-order valence-corrected chi connectivity index (χ2v) is 4.65. The average molecular weight is 328 g/mol. The number of nitrogens with one attached hydrogen (secondary N) is 1. The highest BCUT2D eigenvalue weighted by molar-refractivity contribution is 5.83. The molecule has 0 aliphatic carbocycles. The van der Waals surface area contributed by atoms with Gasteiger partial charge in [0.25, 0.3) is 5.91 Å². The van der Waals surface area contributed by atoms with Crippen molar-refractivity contribution < 1.29 is 24.2 Å². The fourth-order valence-corrected chi connectivity index (χ4v) is 1.67. The molecular weight excluding hydrogens is 312 g/mol. The van der Waals surface area contributed by atoms with E-state index in [4.69, 9.17) is 14.6 Å². The second kappa shape index (κ2) is 8.94. The zero-order chi connectivity index (χ0) is 17.2. The summed E-state index contributed by atoms with van der Waals surface area (Å²) in [4.78, 5) is 22.0. The van der Waals surface area contributed by atoms with E-state index in [1.54, 1.807) is 36.4 Å². The normalized spacial score (nSPS) is 10.3. The van der Waals surface area contributed by atoms with Gasteiger partial charge in [-0.3, -0.25) is 4.79 Å². The minimum atomic E-state index is -1.04. The van der Waals surface area contributed by atoms with E-state index in [1.807, 2.05) is 18.2 Å². The van der Waals surface area contributed by atoms with Crippen LogP contribution in [-0.4, -0.2) is 36.4 Å². The van der Waals surface area contributed by atoms with E-state index in [0.717, 1.165) is 5.56 Å². The molecule has 0 saturated carbocycles. The molecule has 0 radical (unpaired) electrons. The lowest BCUT2D eigenvalue weighted by atomic mass is 10.2. The zero-order valence-electron chi connectivity index (χ0n) is 12.7. The predicted octanol–water partition coefficient (Wildman–Crippen LogP) is 1.68. The van der Waals surface area contributed by atoms with Crippen LogP contribution in [0.5, 0.6) is 11.5 Å². The number of nitrogens with zero attached hydrogens (tertiary/aromatic N) is 1. The smallest absolute Gasteiger partial charge is 0.341 e. The number of ether oxygens (including phenoxy) is 2. The largest absolute Gasteiger partial charge is 0.484 e. The standard InChI is InChI=1S/C17H16N2O5/c20-16(11-23-14-4-2-1-3-5-14)19-18-10-13-6-8-15(9-7-13)24-12-17(21)22/h1-10H,11-12H2,(H,19,20)(H,21,22). The molecule has 7 nitrogen and oxygen atoms in total. The van der Waals surface area contributed by atoms with Crippen LogP contribution in [0.1, 0.15) is 5.56 Å². The van der Waals surface area contributed by atoms with Crippen LogP contribution in [-0.2, 0) is 9.59 Å². The molecule has 0 aromatic heterocycles. The number of para-hydroxylation sites is 1. The van der Waals surface area contributed by atoms with Crippen molar-refractivity contribution in [2.75, 3.05) is 13.2 Å². The lowest BCUT2D eigenvalue weighted by molar-refractivity contribution is -0.139. The maximum absolute atomic E-state index is 11.6. The van der Waals surface area contributed by atoms with Gasteiger partial charge in [0.1, 0.15) is 11.5 Å². The van der Waals surface area contributed by atoms with Crippen molar-refractivity contribution in [2.45, 2.75) is 0 Å². The fourth-order valence-electron chi connectivity index (χ4n) is 1.67. The molecule has 2 aromatic carbocycles. The van der Waals surface area contributed by atoms with Gasteiger partial charge < -0.3 is 14.6 Å². The Morgan fingerprint density at radius 1 is 0.958 bits per heavy atom. The van der Waals surface area contributed by atoms with Gasteiger partial charge >= 0.3 is 5.97 Å². The molecule has 2 aromatic rings. The Morgan fingerprint density at radius 3 is 2.25 bits per heavy atom. The van der Waals surface area contributed by atoms with Crippen LogP contribution < -0.4 is 14.9 Å². The summed E-state index contributed by atoms with van der Waals surface area (Å²) >= 11 is 0. The minimum Gasteiger partial charge on any atom is -0.484 e. The van der Waals surface area contributed by atoms with E-state index in [0.29, 0.717) is 11.5 Å². The van der Waals surface area contributed by atoms with Crippen LogP contribution in [0, 0.1) is 0 Å². The molecule has 0 bridgehead atoms. The van der Waals surface area contributed by atoms with Gasteiger partial charge in [0, 0.05) is 0 Å².